The first-order valence-corrected chi connectivity index (χ1v) is 12.4. The third kappa shape index (κ3) is 4.84. The molecule has 1 saturated carbocycles. The Morgan fingerprint density at radius 3 is 2.56 bits per heavy atom. The van der Waals surface area contributed by atoms with Crippen molar-refractivity contribution >= 4 is 28.1 Å². The Bertz CT molecular complexity index is 961. The van der Waals surface area contributed by atoms with Crippen LogP contribution in [0.4, 0.5) is 5.00 Å². The topological polar surface area (TPSA) is 77.5 Å². The van der Waals surface area contributed by atoms with Crippen molar-refractivity contribution in [2.75, 3.05) is 26.5 Å². The van der Waals surface area contributed by atoms with Crippen LogP contribution in [0, 0.1) is 5.41 Å². The second-order valence-electron chi connectivity index (χ2n) is 8.94. The molecule has 0 bridgehead atoms. The van der Waals surface area contributed by atoms with Crippen molar-refractivity contribution in [2.45, 2.75) is 63.6 Å². The first kappa shape index (κ1) is 22.8. The molecule has 2 aliphatic carbocycles. The lowest BCUT2D eigenvalue weighted by Crippen LogP contribution is -2.42. The van der Waals surface area contributed by atoms with Crippen molar-refractivity contribution < 1.29 is 9.53 Å². The van der Waals surface area contributed by atoms with Crippen LogP contribution in [0.5, 0.6) is 0 Å². The number of anilines is 1. The van der Waals surface area contributed by atoms with E-state index < -0.39 is 0 Å². The Hall–Kier alpha value is -2.38. The van der Waals surface area contributed by atoms with Gasteiger partial charge in [0.15, 0.2) is 0 Å². The van der Waals surface area contributed by atoms with Crippen LogP contribution in [-0.2, 0) is 24.1 Å². The van der Waals surface area contributed by atoms with Crippen LogP contribution < -0.4 is 10.6 Å². The Balaban J connectivity index is 1.29. The zero-order valence-corrected chi connectivity index (χ0v) is 20.1. The zero-order valence-electron chi connectivity index (χ0n) is 19.3. The van der Waals surface area contributed by atoms with E-state index in [0.717, 1.165) is 55.6 Å². The third-order valence-corrected chi connectivity index (χ3v) is 8.18. The highest BCUT2D eigenvalue weighted by atomic mass is 32.1. The van der Waals surface area contributed by atoms with Crippen LogP contribution in [0.25, 0.3) is 0 Å². The Labute approximate surface area is 194 Å². The Morgan fingerprint density at radius 2 is 1.91 bits per heavy atom. The summed E-state index contributed by atoms with van der Waals surface area (Å²) in [6.45, 7) is 0.868. The molecule has 2 aromatic rings. The van der Waals surface area contributed by atoms with Gasteiger partial charge < -0.3 is 15.4 Å². The van der Waals surface area contributed by atoms with E-state index >= 15 is 0 Å². The summed E-state index contributed by atoms with van der Waals surface area (Å²) in [5.41, 5.74) is 4.29. The van der Waals surface area contributed by atoms with Gasteiger partial charge in [0.25, 0.3) is 0 Å². The van der Waals surface area contributed by atoms with E-state index in [1.807, 2.05) is 42.6 Å². The van der Waals surface area contributed by atoms with Crippen LogP contribution in [-0.4, -0.2) is 50.0 Å². The second kappa shape index (κ2) is 10.0. The van der Waals surface area contributed by atoms with Crippen molar-refractivity contribution in [1.82, 2.24) is 10.2 Å². The summed E-state index contributed by atoms with van der Waals surface area (Å²) in [6.07, 6.45) is 7.90. The number of carbonyl (C=O) groups is 1. The van der Waals surface area contributed by atoms with E-state index in [1.165, 1.54) is 29.5 Å². The number of nitrogens with zero attached hydrogens (tertiary/aromatic N) is 1. The average Bonchev–Trinajstić information content (AvgIpc) is 3.40. The first-order valence-electron chi connectivity index (χ1n) is 11.6. The van der Waals surface area contributed by atoms with Gasteiger partial charge >= 0.3 is 5.97 Å². The number of amidine groups is 1. The number of esters is 1. The molecule has 2 aliphatic rings. The number of ether oxygens (including phenoxy) is 1. The van der Waals surface area contributed by atoms with Crippen LogP contribution in [0.3, 0.4) is 0 Å². The van der Waals surface area contributed by atoms with Crippen molar-refractivity contribution in [3.8, 4) is 0 Å². The maximum absolute atomic E-state index is 11.6. The quantitative estimate of drug-likeness (QED) is 0.328. The Morgan fingerprint density at radius 1 is 1.19 bits per heavy atom. The maximum atomic E-state index is 11.6. The summed E-state index contributed by atoms with van der Waals surface area (Å²) < 4.78 is 4.77. The zero-order chi connectivity index (χ0) is 22.7. The van der Waals surface area contributed by atoms with Gasteiger partial charge in [-0.15, -0.1) is 11.3 Å². The van der Waals surface area contributed by atoms with E-state index in [1.54, 1.807) is 0 Å². The van der Waals surface area contributed by atoms with Crippen LogP contribution in [0.15, 0.2) is 24.3 Å². The fraction of sp³-hybridized carbons (Fsp3) is 0.520. The average molecular weight is 455 g/mol. The number of carbonyl (C=O) groups excluding carboxylic acids is 1. The first-order chi connectivity index (χ1) is 15.5. The van der Waals surface area contributed by atoms with Gasteiger partial charge in [-0.05, 0) is 75.3 Å². The molecule has 172 valence electrons. The van der Waals surface area contributed by atoms with E-state index in [-0.39, 0.29) is 5.97 Å². The maximum Gasteiger partial charge on any atom is 0.337 e. The minimum absolute atomic E-state index is 0.296. The van der Waals surface area contributed by atoms with Gasteiger partial charge in [-0.3, -0.25) is 10.3 Å². The number of fused-ring (bicyclic) bond motifs is 1. The summed E-state index contributed by atoms with van der Waals surface area (Å²) >= 11 is 1.82. The van der Waals surface area contributed by atoms with Crippen molar-refractivity contribution in [2.24, 2.45) is 0 Å². The number of hydrogen-bond acceptors (Lipinski definition) is 6. The SMILES string of the molecule is CNc1sc2c(c1C(=N)N[C@H]1CC[C@H](N(C)Cc3ccc(C(=O)OC)cc3)CC1)CCC2. The predicted octanol–water partition coefficient (Wildman–Crippen LogP) is 4.42. The molecule has 4 rings (SSSR count). The Kier molecular flexibility index (Phi) is 7.16. The highest BCUT2D eigenvalue weighted by Gasteiger charge is 2.28. The highest BCUT2D eigenvalue weighted by Crippen LogP contribution is 2.39. The molecular formula is C25H34N4O2S. The number of rotatable bonds is 7. The molecule has 7 heteroatoms. The normalized spacial score (nSPS) is 20.1. The van der Waals surface area contributed by atoms with Gasteiger partial charge in [0.1, 0.15) is 5.84 Å². The fourth-order valence-corrected chi connectivity index (χ4v) is 6.31. The molecule has 32 heavy (non-hydrogen) atoms. The smallest absolute Gasteiger partial charge is 0.337 e. The molecule has 1 heterocycles. The van der Waals surface area contributed by atoms with E-state index in [2.05, 4.69) is 22.6 Å². The van der Waals surface area contributed by atoms with Gasteiger partial charge in [0, 0.05) is 30.6 Å². The summed E-state index contributed by atoms with van der Waals surface area (Å²) in [5, 5.41) is 16.7. The van der Waals surface area contributed by atoms with Gasteiger partial charge in [-0.1, -0.05) is 12.1 Å². The predicted molar refractivity (Wildman–Crippen MR) is 131 cm³/mol. The number of aryl methyl sites for hydroxylation is 1. The summed E-state index contributed by atoms with van der Waals surface area (Å²) in [7, 11) is 5.55. The van der Waals surface area contributed by atoms with Crippen molar-refractivity contribution in [3.63, 3.8) is 0 Å². The third-order valence-electron chi connectivity index (χ3n) is 6.87. The fourth-order valence-electron chi connectivity index (χ4n) is 5.06. The molecular weight excluding hydrogens is 420 g/mol. The molecule has 0 radical (unpaired) electrons. The van der Waals surface area contributed by atoms with Gasteiger partial charge in [-0.2, -0.15) is 0 Å². The van der Waals surface area contributed by atoms with Crippen LogP contribution in [0.2, 0.25) is 0 Å². The van der Waals surface area contributed by atoms with E-state index in [9.17, 15) is 4.79 Å². The standard InChI is InChI=1S/C25H34N4O2S/c1-27-24-22(20-5-4-6-21(20)32-24)23(26)28-18-11-13-19(14-12-18)29(2)15-16-7-9-17(10-8-16)25(30)31-3/h7-10,18-19,27H,4-6,11-15H2,1-3H3,(H2,26,28)/t18-,19-. The lowest BCUT2D eigenvalue weighted by atomic mass is 9.89. The largest absolute Gasteiger partial charge is 0.465 e. The summed E-state index contributed by atoms with van der Waals surface area (Å²) in [6, 6.07) is 8.60. The second-order valence-corrected chi connectivity index (χ2v) is 10.0. The summed E-state index contributed by atoms with van der Waals surface area (Å²) in [4.78, 5) is 15.5. The molecule has 3 N–H and O–H groups in total. The number of methoxy groups -OCH3 is 1. The van der Waals surface area contributed by atoms with Crippen LogP contribution in [0.1, 0.15) is 64.0 Å². The minimum Gasteiger partial charge on any atom is -0.465 e. The molecule has 6 nitrogen and oxygen atoms in total. The number of hydrogen-bond donors (Lipinski definition) is 3. The van der Waals surface area contributed by atoms with Gasteiger partial charge in [0.05, 0.1) is 23.2 Å². The summed E-state index contributed by atoms with van der Waals surface area (Å²) in [5.74, 6) is 0.298. The lowest BCUT2D eigenvalue weighted by molar-refractivity contribution is 0.0600. The van der Waals surface area contributed by atoms with E-state index in [4.69, 9.17) is 10.1 Å². The van der Waals surface area contributed by atoms with Gasteiger partial charge in [-0.25, -0.2) is 4.79 Å². The minimum atomic E-state index is -0.296. The van der Waals surface area contributed by atoms with E-state index in [0.29, 0.717) is 23.5 Å². The van der Waals surface area contributed by atoms with Crippen LogP contribution >= 0.6 is 11.3 Å². The molecule has 0 atom stereocenters. The molecule has 1 fully saturated rings. The highest BCUT2D eigenvalue weighted by molar-refractivity contribution is 7.16. The molecule has 0 unspecified atom stereocenters. The molecule has 0 spiro atoms. The molecule has 0 saturated heterocycles. The lowest BCUT2D eigenvalue weighted by Gasteiger charge is -2.35. The number of benzene rings is 1. The number of nitrogens with one attached hydrogen (secondary N) is 3. The van der Waals surface area contributed by atoms with Crippen molar-refractivity contribution in [3.05, 3.63) is 51.4 Å². The molecule has 1 aromatic heterocycles. The van der Waals surface area contributed by atoms with Crippen molar-refractivity contribution in [1.29, 1.82) is 5.41 Å². The molecule has 1 aromatic carbocycles. The monoisotopic (exact) mass is 454 g/mol. The van der Waals surface area contributed by atoms with Gasteiger partial charge in [0.2, 0.25) is 0 Å². The molecule has 0 aliphatic heterocycles. The number of thiophene rings is 1. The molecule has 0 amide bonds.